The molecule has 2 aliphatic rings. The third-order valence-corrected chi connectivity index (χ3v) is 5.70. The van der Waals surface area contributed by atoms with Gasteiger partial charge in [-0.15, -0.1) is 0 Å². The molecule has 0 saturated carbocycles. The number of likely N-dealkylation sites (N-methyl/N-ethyl adjacent to an activating group) is 1. The van der Waals surface area contributed by atoms with Crippen LogP contribution < -0.4 is 5.32 Å². The van der Waals surface area contributed by atoms with Gasteiger partial charge in [-0.2, -0.15) is 0 Å². The van der Waals surface area contributed by atoms with Crippen molar-refractivity contribution in [1.82, 2.24) is 15.1 Å². The second-order valence-electron chi connectivity index (χ2n) is 7.85. The first-order valence-corrected chi connectivity index (χ1v) is 9.87. The summed E-state index contributed by atoms with van der Waals surface area (Å²) in [7, 11) is 3.45. The standard InChI is InChI=1S/C22H25N3O5/c1-24-12-10-22(30,11-13-24)9-8-15-4-3-5-16(17(15)14-26)21(29)25(2)18-6-7-19(27)23-20(18)28/h3-5,14,18,30H,6-7,10-13H2,1-2H3,(H,23,27,28). The molecule has 2 fully saturated rings. The lowest BCUT2D eigenvalue weighted by molar-refractivity contribution is -0.136. The Labute approximate surface area is 175 Å². The van der Waals surface area contributed by atoms with Crippen LogP contribution in [-0.2, 0) is 9.59 Å². The van der Waals surface area contributed by atoms with Crippen LogP contribution in [-0.4, -0.2) is 77.7 Å². The predicted octanol–water partition coefficient (Wildman–Crippen LogP) is 0.185. The van der Waals surface area contributed by atoms with Gasteiger partial charge in [-0.1, -0.05) is 17.9 Å². The number of aliphatic hydroxyl groups is 1. The van der Waals surface area contributed by atoms with Gasteiger partial charge in [0, 0.05) is 50.5 Å². The molecule has 0 radical (unpaired) electrons. The topological polar surface area (TPSA) is 107 Å². The molecule has 1 aromatic rings. The molecular weight excluding hydrogens is 386 g/mol. The number of rotatable bonds is 3. The van der Waals surface area contributed by atoms with E-state index in [1.807, 2.05) is 7.05 Å². The minimum atomic E-state index is -1.13. The van der Waals surface area contributed by atoms with Crippen molar-refractivity contribution < 1.29 is 24.3 Å². The van der Waals surface area contributed by atoms with Crippen molar-refractivity contribution in [1.29, 1.82) is 0 Å². The van der Waals surface area contributed by atoms with Crippen LogP contribution in [0.4, 0.5) is 0 Å². The normalized spacial score (nSPS) is 21.2. The number of hydrogen-bond donors (Lipinski definition) is 2. The molecule has 2 aliphatic heterocycles. The maximum Gasteiger partial charge on any atom is 0.255 e. The zero-order chi connectivity index (χ0) is 21.9. The van der Waals surface area contributed by atoms with E-state index in [9.17, 15) is 24.3 Å². The van der Waals surface area contributed by atoms with Crippen molar-refractivity contribution in [3.8, 4) is 11.8 Å². The maximum absolute atomic E-state index is 13.0. The van der Waals surface area contributed by atoms with E-state index >= 15 is 0 Å². The molecule has 0 aromatic heterocycles. The van der Waals surface area contributed by atoms with Gasteiger partial charge in [0.1, 0.15) is 11.6 Å². The van der Waals surface area contributed by atoms with Crippen LogP contribution in [0.25, 0.3) is 0 Å². The zero-order valence-electron chi connectivity index (χ0n) is 17.1. The molecule has 1 atom stereocenters. The number of imide groups is 1. The van der Waals surface area contributed by atoms with Crippen LogP contribution in [0, 0.1) is 11.8 Å². The van der Waals surface area contributed by atoms with Crippen LogP contribution in [0.5, 0.6) is 0 Å². The fourth-order valence-electron chi connectivity index (χ4n) is 3.67. The lowest BCUT2D eigenvalue weighted by Gasteiger charge is -2.32. The summed E-state index contributed by atoms with van der Waals surface area (Å²) in [6.45, 7) is 1.45. The Morgan fingerprint density at radius 3 is 2.67 bits per heavy atom. The largest absolute Gasteiger partial charge is 0.377 e. The molecule has 3 amide bonds. The Morgan fingerprint density at radius 2 is 2.03 bits per heavy atom. The predicted molar refractivity (Wildman–Crippen MR) is 109 cm³/mol. The quantitative estimate of drug-likeness (QED) is 0.418. The van der Waals surface area contributed by atoms with E-state index < -0.39 is 23.5 Å². The fraction of sp³-hybridized carbons (Fsp3) is 0.455. The van der Waals surface area contributed by atoms with E-state index in [0.29, 0.717) is 24.7 Å². The van der Waals surface area contributed by atoms with Gasteiger partial charge < -0.3 is 14.9 Å². The Morgan fingerprint density at radius 1 is 1.33 bits per heavy atom. The highest BCUT2D eigenvalue weighted by atomic mass is 16.3. The van der Waals surface area contributed by atoms with Crippen molar-refractivity contribution >= 4 is 24.0 Å². The fourth-order valence-corrected chi connectivity index (χ4v) is 3.67. The Kier molecular flexibility index (Phi) is 6.34. The molecule has 2 heterocycles. The molecule has 8 heteroatoms. The van der Waals surface area contributed by atoms with Crippen molar-refractivity contribution in [2.75, 3.05) is 27.2 Å². The van der Waals surface area contributed by atoms with Crippen LogP contribution in [0.1, 0.15) is 52.0 Å². The Balaban J connectivity index is 1.86. The summed E-state index contributed by atoms with van der Waals surface area (Å²) in [6.07, 6.45) is 1.94. The first-order chi connectivity index (χ1) is 14.2. The molecule has 30 heavy (non-hydrogen) atoms. The van der Waals surface area contributed by atoms with E-state index in [4.69, 9.17) is 0 Å². The number of carbonyl (C=O) groups is 4. The molecule has 0 aliphatic carbocycles. The van der Waals surface area contributed by atoms with Crippen molar-refractivity contribution in [3.63, 3.8) is 0 Å². The van der Waals surface area contributed by atoms with E-state index in [2.05, 4.69) is 22.1 Å². The highest BCUT2D eigenvalue weighted by Crippen LogP contribution is 2.22. The monoisotopic (exact) mass is 411 g/mol. The summed E-state index contributed by atoms with van der Waals surface area (Å²) < 4.78 is 0. The SMILES string of the molecule is CN1CCC(O)(C#Cc2cccc(C(=O)N(C)C3CCC(=O)NC3=O)c2C=O)CC1. The van der Waals surface area contributed by atoms with Crippen molar-refractivity contribution in [2.24, 2.45) is 0 Å². The molecule has 2 N–H and O–H groups in total. The van der Waals surface area contributed by atoms with Crippen molar-refractivity contribution in [3.05, 3.63) is 34.9 Å². The first kappa shape index (κ1) is 21.7. The third kappa shape index (κ3) is 4.58. The minimum absolute atomic E-state index is 0.116. The maximum atomic E-state index is 13.0. The number of aldehydes is 1. The third-order valence-electron chi connectivity index (χ3n) is 5.70. The number of likely N-dealkylation sites (tertiary alicyclic amines) is 1. The van der Waals surface area contributed by atoms with Crippen LogP contribution >= 0.6 is 0 Å². The number of hydrogen-bond acceptors (Lipinski definition) is 6. The molecule has 1 unspecified atom stereocenters. The lowest BCUT2D eigenvalue weighted by atomic mass is 9.91. The molecule has 0 spiro atoms. The number of piperidine rings is 2. The smallest absolute Gasteiger partial charge is 0.255 e. The first-order valence-electron chi connectivity index (χ1n) is 9.87. The summed E-state index contributed by atoms with van der Waals surface area (Å²) in [5.41, 5.74) is -0.541. The van der Waals surface area contributed by atoms with E-state index in [1.165, 1.54) is 18.0 Å². The van der Waals surface area contributed by atoms with Gasteiger partial charge in [0.25, 0.3) is 5.91 Å². The Hall–Kier alpha value is -3.02. The molecule has 1 aromatic carbocycles. The second kappa shape index (κ2) is 8.78. The minimum Gasteiger partial charge on any atom is -0.377 e. The highest BCUT2D eigenvalue weighted by molar-refractivity contribution is 6.06. The Bertz CT molecular complexity index is 938. The molecule has 3 rings (SSSR count). The van der Waals surface area contributed by atoms with E-state index in [-0.39, 0.29) is 29.9 Å². The molecule has 2 saturated heterocycles. The number of amides is 3. The number of carbonyl (C=O) groups excluding carboxylic acids is 4. The van der Waals surface area contributed by atoms with Gasteiger partial charge in [0.05, 0.1) is 5.56 Å². The van der Waals surface area contributed by atoms with Crippen LogP contribution in [0.2, 0.25) is 0 Å². The van der Waals surface area contributed by atoms with Crippen LogP contribution in [0.3, 0.4) is 0 Å². The molecular formula is C22H25N3O5. The molecule has 158 valence electrons. The summed E-state index contributed by atoms with van der Waals surface area (Å²) in [6, 6.07) is 3.95. The summed E-state index contributed by atoms with van der Waals surface area (Å²) in [5, 5.41) is 12.9. The average Bonchev–Trinajstić information content (AvgIpc) is 2.73. The van der Waals surface area contributed by atoms with Gasteiger partial charge in [0.2, 0.25) is 11.8 Å². The number of benzene rings is 1. The van der Waals surface area contributed by atoms with Crippen molar-refractivity contribution in [2.45, 2.75) is 37.3 Å². The zero-order valence-corrected chi connectivity index (χ0v) is 17.1. The lowest BCUT2D eigenvalue weighted by Crippen LogP contribution is -2.53. The van der Waals surface area contributed by atoms with Crippen LogP contribution in [0.15, 0.2) is 18.2 Å². The summed E-state index contributed by atoms with van der Waals surface area (Å²) in [4.78, 5) is 51.6. The van der Waals surface area contributed by atoms with Gasteiger partial charge in [-0.05, 0) is 25.6 Å². The number of nitrogens with zero attached hydrogens (tertiary/aromatic N) is 2. The van der Waals surface area contributed by atoms with E-state index in [0.717, 1.165) is 13.1 Å². The van der Waals surface area contributed by atoms with Gasteiger partial charge in [-0.25, -0.2) is 0 Å². The summed E-state index contributed by atoms with van der Waals surface area (Å²) in [5.74, 6) is 4.34. The molecule has 8 nitrogen and oxygen atoms in total. The second-order valence-corrected chi connectivity index (χ2v) is 7.85. The molecule has 0 bridgehead atoms. The van der Waals surface area contributed by atoms with Gasteiger partial charge >= 0.3 is 0 Å². The van der Waals surface area contributed by atoms with Gasteiger partial charge in [-0.3, -0.25) is 24.5 Å². The average molecular weight is 411 g/mol. The number of nitrogens with one attached hydrogen (secondary N) is 1. The van der Waals surface area contributed by atoms with Gasteiger partial charge in [0.15, 0.2) is 6.29 Å². The van der Waals surface area contributed by atoms with E-state index in [1.54, 1.807) is 12.1 Å². The highest BCUT2D eigenvalue weighted by Gasteiger charge is 2.33. The summed E-state index contributed by atoms with van der Waals surface area (Å²) >= 11 is 0.